The first kappa shape index (κ1) is 16.6. The van der Waals surface area contributed by atoms with Crippen LogP contribution in [0.2, 0.25) is 10.2 Å². The topological polar surface area (TPSA) is 41.4 Å². The highest BCUT2D eigenvalue weighted by molar-refractivity contribution is 7.98. The lowest BCUT2D eigenvalue weighted by atomic mass is 10.1. The highest BCUT2D eigenvalue weighted by Gasteiger charge is 2.25. The summed E-state index contributed by atoms with van der Waals surface area (Å²) < 4.78 is 0. The van der Waals surface area contributed by atoms with E-state index in [1.54, 1.807) is 24.0 Å². The molecule has 120 valence electrons. The van der Waals surface area contributed by atoms with Crippen molar-refractivity contribution in [2.24, 2.45) is 4.99 Å². The molecule has 3 heterocycles. The van der Waals surface area contributed by atoms with E-state index in [0.717, 1.165) is 27.7 Å². The quantitative estimate of drug-likeness (QED) is 0.555. The van der Waals surface area contributed by atoms with Crippen molar-refractivity contribution in [3.8, 4) is 0 Å². The molecule has 2 aromatic rings. The van der Waals surface area contributed by atoms with E-state index in [0.29, 0.717) is 16.8 Å². The molecule has 23 heavy (non-hydrogen) atoms. The highest BCUT2D eigenvalue weighted by atomic mass is 35.5. The molecule has 0 N–H and O–H groups in total. The molecule has 0 amide bonds. The summed E-state index contributed by atoms with van der Waals surface area (Å²) in [6, 6.07) is 3.81. The van der Waals surface area contributed by atoms with Gasteiger partial charge in [0.1, 0.15) is 17.6 Å². The van der Waals surface area contributed by atoms with Gasteiger partial charge < -0.3 is 4.90 Å². The zero-order valence-electron chi connectivity index (χ0n) is 13.0. The van der Waals surface area contributed by atoms with Gasteiger partial charge in [-0.3, -0.25) is 9.98 Å². The number of thioether (sulfide) groups is 1. The molecule has 0 saturated heterocycles. The Morgan fingerprint density at radius 2 is 2.09 bits per heavy atom. The van der Waals surface area contributed by atoms with E-state index in [1.165, 1.54) is 0 Å². The van der Waals surface area contributed by atoms with E-state index < -0.39 is 0 Å². The zero-order chi connectivity index (χ0) is 16.6. The van der Waals surface area contributed by atoms with E-state index in [-0.39, 0.29) is 5.92 Å². The lowest BCUT2D eigenvalue weighted by molar-refractivity contribution is 0.798. The predicted molar refractivity (Wildman–Crippen MR) is 99.0 cm³/mol. The van der Waals surface area contributed by atoms with Gasteiger partial charge in [-0.25, -0.2) is 4.98 Å². The Labute approximate surface area is 149 Å². The maximum absolute atomic E-state index is 6.14. The van der Waals surface area contributed by atoms with Crippen LogP contribution in [0.4, 0.5) is 11.5 Å². The molecule has 4 nitrogen and oxygen atoms in total. The molecular formula is C16H16Cl2N4S. The third-order valence-corrected chi connectivity index (χ3v) is 5.05. The van der Waals surface area contributed by atoms with Gasteiger partial charge >= 0.3 is 0 Å². The minimum atomic E-state index is 0.286. The number of fused-ring (bicyclic) bond motifs is 1. The van der Waals surface area contributed by atoms with Gasteiger partial charge in [-0.15, -0.1) is 11.8 Å². The number of aromatic nitrogens is 2. The number of nitrogens with zero attached hydrogens (tertiary/aromatic N) is 4. The van der Waals surface area contributed by atoms with Gasteiger partial charge in [0, 0.05) is 22.9 Å². The molecule has 0 radical (unpaired) electrons. The van der Waals surface area contributed by atoms with Gasteiger partial charge in [0.15, 0.2) is 0 Å². The van der Waals surface area contributed by atoms with Gasteiger partial charge in [-0.1, -0.05) is 37.0 Å². The van der Waals surface area contributed by atoms with Crippen molar-refractivity contribution in [2.75, 3.05) is 17.8 Å². The Morgan fingerprint density at radius 1 is 1.30 bits per heavy atom. The van der Waals surface area contributed by atoms with Gasteiger partial charge in [-0.2, -0.15) is 0 Å². The maximum atomic E-state index is 6.14. The van der Waals surface area contributed by atoms with Crippen LogP contribution >= 0.6 is 35.0 Å². The van der Waals surface area contributed by atoms with Crippen LogP contribution in [0.5, 0.6) is 0 Å². The van der Waals surface area contributed by atoms with Crippen LogP contribution in [-0.2, 0) is 0 Å². The molecule has 0 spiro atoms. The molecule has 0 fully saturated rings. The third kappa shape index (κ3) is 3.05. The van der Waals surface area contributed by atoms with Crippen LogP contribution in [0.25, 0.3) is 0 Å². The van der Waals surface area contributed by atoms with E-state index >= 15 is 0 Å². The van der Waals surface area contributed by atoms with E-state index in [1.807, 2.05) is 12.3 Å². The molecule has 0 aliphatic carbocycles. The molecule has 2 aromatic heterocycles. The van der Waals surface area contributed by atoms with E-state index in [9.17, 15) is 0 Å². The largest absolute Gasteiger partial charge is 0.303 e. The molecule has 1 aliphatic rings. The number of hydrogen-bond acceptors (Lipinski definition) is 5. The Bertz CT molecular complexity index is 777. The SMILES string of the molecule is CSc1ccnc(C(C)C)c1N1CN=Cc2cc(Cl)c(Cl)nc21. The lowest BCUT2D eigenvalue weighted by Gasteiger charge is -2.30. The normalized spacial score (nSPS) is 13.6. The number of halogens is 2. The Hall–Kier alpha value is -1.30. The Kier molecular flexibility index (Phi) is 4.80. The summed E-state index contributed by atoms with van der Waals surface area (Å²) in [6.45, 7) is 4.75. The lowest BCUT2D eigenvalue weighted by Crippen LogP contribution is -2.25. The molecule has 0 atom stereocenters. The predicted octanol–water partition coefficient (Wildman–Crippen LogP) is 5.16. The summed E-state index contributed by atoms with van der Waals surface area (Å²) in [5, 5.41) is 0.727. The second kappa shape index (κ2) is 6.67. The molecule has 7 heteroatoms. The summed E-state index contributed by atoms with van der Waals surface area (Å²) in [5.74, 6) is 1.05. The van der Waals surface area contributed by atoms with Crippen molar-refractivity contribution in [1.82, 2.24) is 9.97 Å². The van der Waals surface area contributed by atoms with Crippen LogP contribution in [0.1, 0.15) is 31.0 Å². The summed E-state index contributed by atoms with van der Waals surface area (Å²) in [5.41, 5.74) is 2.92. The average molecular weight is 367 g/mol. The first-order valence-electron chi connectivity index (χ1n) is 7.19. The second-order valence-corrected chi connectivity index (χ2v) is 7.07. The van der Waals surface area contributed by atoms with Gasteiger partial charge in [-0.05, 0) is 24.3 Å². The molecular weight excluding hydrogens is 351 g/mol. The van der Waals surface area contributed by atoms with Crippen LogP contribution in [0.15, 0.2) is 28.2 Å². The fraction of sp³-hybridized carbons (Fsp3) is 0.312. The van der Waals surface area contributed by atoms with Gasteiger partial charge in [0.2, 0.25) is 0 Å². The Morgan fingerprint density at radius 3 is 2.78 bits per heavy atom. The summed E-state index contributed by atoms with van der Waals surface area (Å²) in [4.78, 5) is 16.7. The monoisotopic (exact) mass is 366 g/mol. The van der Waals surface area contributed by atoms with Gasteiger partial charge in [0.05, 0.1) is 16.4 Å². The van der Waals surface area contributed by atoms with Crippen molar-refractivity contribution >= 4 is 52.7 Å². The molecule has 1 aliphatic heterocycles. The van der Waals surface area contributed by atoms with Crippen molar-refractivity contribution < 1.29 is 0 Å². The van der Waals surface area contributed by atoms with Crippen LogP contribution in [0.3, 0.4) is 0 Å². The fourth-order valence-electron chi connectivity index (χ4n) is 2.56. The summed E-state index contributed by atoms with van der Waals surface area (Å²) in [6.07, 6.45) is 5.69. The molecule has 0 unspecified atom stereocenters. The highest BCUT2D eigenvalue weighted by Crippen LogP contribution is 2.40. The molecule has 3 rings (SSSR count). The Balaban J connectivity index is 2.22. The average Bonchev–Trinajstić information content (AvgIpc) is 2.54. The van der Waals surface area contributed by atoms with Gasteiger partial charge in [0.25, 0.3) is 0 Å². The first-order valence-corrected chi connectivity index (χ1v) is 9.17. The molecule has 0 saturated carbocycles. The van der Waals surface area contributed by atoms with E-state index in [2.05, 4.69) is 40.0 Å². The smallest absolute Gasteiger partial charge is 0.150 e. The number of pyridine rings is 2. The number of hydrogen-bond donors (Lipinski definition) is 0. The third-order valence-electron chi connectivity index (χ3n) is 3.60. The minimum Gasteiger partial charge on any atom is -0.303 e. The van der Waals surface area contributed by atoms with Crippen molar-refractivity contribution in [3.63, 3.8) is 0 Å². The summed E-state index contributed by atoms with van der Waals surface area (Å²) in [7, 11) is 0. The number of aliphatic imine (C=N–C) groups is 1. The van der Waals surface area contributed by atoms with Crippen LogP contribution in [0, 0.1) is 0 Å². The number of rotatable bonds is 3. The number of anilines is 2. The van der Waals surface area contributed by atoms with Crippen molar-refractivity contribution in [1.29, 1.82) is 0 Å². The summed E-state index contributed by atoms with van der Waals surface area (Å²) >= 11 is 13.9. The van der Waals surface area contributed by atoms with Crippen molar-refractivity contribution in [2.45, 2.75) is 24.7 Å². The molecule has 0 aromatic carbocycles. The molecule has 0 bridgehead atoms. The minimum absolute atomic E-state index is 0.286. The second-order valence-electron chi connectivity index (χ2n) is 5.46. The van der Waals surface area contributed by atoms with Crippen LogP contribution < -0.4 is 4.90 Å². The fourth-order valence-corrected chi connectivity index (χ4v) is 3.46. The van der Waals surface area contributed by atoms with Crippen LogP contribution in [-0.4, -0.2) is 29.1 Å². The zero-order valence-corrected chi connectivity index (χ0v) is 15.4. The standard InChI is InChI=1S/C16H16Cl2N4S/c1-9(2)13-14(12(23-3)4-5-20-13)22-8-19-7-10-6-11(17)15(18)21-16(10)22/h4-7,9H,8H2,1-3H3. The maximum Gasteiger partial charge on any atom is 0.150 e. The van der Waals surface area contributed by atoms with E-state index in [4.69, 9.17) is 23.2 Å². The van der Waals surface area contributed by atoms with Crippen molar-refractivity contribution in [3.05, 3.63) is 39.8 Å². The first-order chi connectivity index (χ1) is 11.0.